The Labute approximate surface area is 122 Å². The second-order valence-corrected chi connectivity index (χ2v) is 6.05. The molecule has 0 radical (unpaired) electrons. The number of ketones is 1. The summed E-state index contributed by atoms with van der Waals surface area (Å²) in [5.74, 6) is -0.971. The fraction of sp³-hybridized carbons (Fsp3) is 0.385. The van der Waals surface area contributed by atoms with Gasteiger partial charge < -0.3 is 11.1 Å². The van der Waals surface area contributed by atoms with Gasteiger partial charge in [-0.15, -0.1) is 11.6 Å². The zero-order valence-corrected chi connectivity index (χ0v) is 12.5. The summed E-state index contributed by atoms with van der Waals surface area (Å²) in [6.07, 6.45) is 0. The molecule has 0 aliphatic heterocycles. The quantitative estimate of drug-likeness (QED) is 0.512. The van der Waals surface area contributed by atoms with Crippen LogP contribution in [0.2, 0.25) is 5.02 Å². The lowest BCUT2D eigenvalue weighted by Crippen LogP contribution is -2.37. The van der Waals surface area contributed by atoms with E-state index in [1.807, 2.05) is 0 Å². The molecule has 0 saturated heterocycles. The maximum absolute atomic E-state index is 11.9. The Kier molecular flexibility index (Phi) is 4.82. The average molecular weight is 303 g/mol. The molecule has 4 nitrogen and oxygen atoms in total. The number of benzene rings is 1. The van der Waals surface area contributed by atoms with Crippen molar-refractivity contribution < 1.29 is 9.59 Å². The first-order chi connectivity index (χ1) is 8.62. The van der Waals surface area contributed by atoms with Crippen molar-refractivity contribution in [1.29, 1.82) is 0 Å². The molecule has 1 rings (SSSR count). The lowest BCUT2D eigenvalue weighted by molar-refractivity contribution is -0.130. The van der Waals surface area contributed by atoms with E-state index in [1.165, 1.54) is 6.07 Å². The van der Waals surface area contributed by atoms with Crippen LogP contribution in [-0.4, -0.2) is 17.1 Å². The van der Waals surface area contributed by atoms with E-state index in [4.69, 9.17) is 28.9 Å². The number of amides is 1. The van der Waals surface area contributed by atoms with Gasteiger partial charge in [0.05, 0.1) is 10.7 Å². The van der Waals surface area contributed by atoms with E-state index < -0.39 is 16.7 Å². The number of nitrogens with one attached hydrogen (secondary N) is 1. The summed E-state index contributed by atoms with van der Waals surface area (Å²) < 4.78 is 0. The highest BCUT2D eigenvalue weighted by Crippen LogP contribution is 2.26. The van der Waals surface area contributed by atoms with Gasteiger partial charge in [-0.05, 0) is 18.2 Å². The fourth-order valence-electron chi connectivity index (χ4n) is 1.33. The number of anilines is 2. The van der Waals surface area contributed by atoms with E-state index >= 15 is 0 Å². The SMILES string of the molecule is CC(C)(C)C(=O)C(Cl)C(=O)Nc1cc(N)ccc1Cl. The maximum atomic E-state index is 11.9. The molecule has 1 unspecified atom stereocenters. The summed E-state index contributed by atoms with van der Waals surface area (Å²) in [5.41, 5.74) is 5.69. The maximum Gasteiger partial charge on any atom is 0.250 e. The fourth-order valence-corrected chi connectivity index (χ4v) is 1.88. The summed E-state index contributed by atoms with van der Waals surface area (Å²) >= 11 is 11.8. The van der Waals surface area contributed by atoms with Crippen LogP contribution in [0.3, 0.4) is 0 Å². The number of hydrogen-bond acceptors (Lipinski definition) is 3. The average Bonchev–Trinajstić information content (AvgIpc) is 2.30. The lowest BCUT2D eigenvalue weighted by Gasteiger charge is -2.20. The minimum Gasteiger partial charge on any atom is -0.399 e. The Morgan fingerprint density at radius 1 is 1.32 bits per heavy atom. The Morgan fingerprint density at radius 2 is 1.89 bits per heavy atom. The van der Waals surface area contributed by atoms with Crippen molar-refractivity contribution in [1.82, 2.24) is 0 Å². The zero-order valence-electron chi connectivity index (χ0n) is 11.0. The van der Waals surface area contributed by atoms with E-state index in [0.29, 0.717) is 16.4 Å². The first kappa shape index (κ1) is 15.8. The molecule has 0 aromatic heterocycles. The highest BCUT2D eigenvalue weighted by molar-refractivity contribution is 6.44. The predicted molar refractivity (Wildman–Crippen MR) is 78.6 cm³/mol. The third kappa shape index (κ3) is 4.11. The molecule has 0 aliphatic carbocycles. The van der Waals surface area contributed by atoms with E-state index in [9.17, 15) is 9.59 Å². The first-order valence-electron chi connectivity index (χ1n) is 5.67. The van der Waals surface area contributed by atoms with E-state index in [2.05, 4.69) is 5.32 Å². The molecule has 19 heavy (non-hydrogen) atoms. The molecule has 1 amide bonds. The summed E-state index contributed by atoms with van der Waals surface area (Å²) in [6, 6.07) is 4.67. The highest BCUT2D eigenvalue weighted by Gasteiger charge is 2.33. The minimum atomic E-state index is -1.27. The van der Waals surface area contributed by atoms with Crippen molar-refractivity contribution in [2.45, 2.75) is 26.1 Å². The summed E-state index contributed by atoms with van der Waals surface area (Å²) in [5, 5.41) is 1.56. The van der Waals surface area contributed by atoms with Crippen molar-refractivity contribution in [2.24, 2.45) is 5.41 Å². The molecule has 3 N–H and O–H groups in total. The molecular weight excluding hydrogens is 287 g/mol. The molecule has 0 heterocycles. The van der Waals surface area contributed by atoms with Crippen LogP contribution in [0.25, 0.3) is 0 Å². The van der Waals surface area contributed by atoms with Gasteiger partial charge in [0.1, 0.15) is 0 Å². The van der Waals surface area contributed by atoms with Gasteiger partial charge in [0.2, 0.25) is 5.91 Å². The van der Waals surface area contributed by atoms with Crippen LogP contribution < -0.4 is 11.1 Å². The third-order valence-corrected chi connectivity index (χ3v) is 3.17. The third-order valence-electron chi connectivity index (χ3n) is 2.45. The van der Waals surface area contributed by atoms with E-state index in [1.54, 1.807) is 32.9 Å². The van der Waals surface area contributed by atoms with Gasteiger partial charge in [-0.25, -0.2) is 0 Å². The Bertz CT molecular complexity index is 510. The Morgan fingerprint density at radius 3 is 2.42 bits per heavy atom. The van der Waals surface area contributed by atoms with Gasteiger partial charge in [0.15, 0.2) is 11.2 Å². The number of rotatable bonds is 3. The number of nitrogen functional groups attached to an aromatic ring is 1. The van der Waals surface area contributed by atoms with Gasteiger partial charge in [-0.2, -0.15) is 0 Å². The van der Waals surface area contributed by atoms with Gasteiger partial charge in [0, 0.05) is 11.1 Å². The minimum absolute atomic E-state index is 0.328. The van der Waals surface area contributed by atoms with Crippen molar-refractivity contribution in [3.05, 3.63) is 23.2 Å². The molecule has 0 aliphatic rings. The number of Topliss-reactive ketones (excluding diaryl/α,β-unsaturated/α-hetero) is 1. The van der Waals surface area contributed by atoms with Crippen LogP contribution in [0.4, 0.5) is 11.4 Å². The molecule has 0 fully saturated rings. The number of alkyl halides is 1. The van der Waals surface area contributed by atoms with Crippen molar-refractivity contribution in [3.8, 4) is 0 Å². The lowest BCUT2D eigenvalue weighted by atomic mass is 9.88. The largest absolute Gasteiger partial charge is 0.399 e. The topological polar surface area (TPSA) is 72.2 Å². The number of carbonyl (C=O) groups is 2. The predicted octanol–water partition coefficient (Wildman–Crippen LogP) is 3.08. The Balaban J connectivity index is 2.85. The van der Waals surface area contributed by atoms with Gasteiger partial charge in [0.25, 0.3) is 0 Å². The molecule has 0 spiro atoms. The molecule has 6 heteroatoms. The number of carbonyl (C=O) groups excluding carboxylic acids is 2. The van der Waals surface area contributed by atoms with Crippen LogP contribution in [0.5, 0.6) is 0 Å². The zero-order chi connectivity index (χ0) is 14.8. The molecule has 0 saturated carbocycles. The first-order valence-corrected chi connectivity index (χ1v) is 6.48. The molecule has 0 bridgehead atoms. The normalized spacial score (nSPS) is 12.9. The van der Waals surface area contributed by atoms with Crippen molar-refractivity contribution in [2.75, 3.05) is 11.1 Å². The van der Waals surface area contributed by atoms with Crippen LogP contribution in [-0.2, 0) is 9.59 Å². The number of nitrogens with two attached hydrogens (primary N) is 1. The molecule has 104 valence electrons. The monoisotopic (exact) mass is 302 g/mol. The smallest absolute Gasteiger partial charge is 0.250 e. The Hall–Kier alpha value is -1.26. The number of halogens is 2. The molecule has 1 aromatic carbocycles. The molecule has 1 atom stereocenters. The highest BCUT2D eigenvalue weighted by atomic mass is 35.5. The summed E-state index contributed by atoms with van der Waals surface area (Å²) in [6.45, 7) is 5.10. The van der Waals surface area contributed by atoms with Crippen LogP contribution in [0.1, 0.15) is 20.8 Å². The summed E-state index contributed by atoms with van der Waals surface area (Å²) in [4.78, 5) is 23.8. The number of hydrogen-bond donors (Lipinski definition) is 2. The summed E-state index contributed by atoms with van der Waals surface area (Å²) in [7, 11) is 0. The second-order valence-electron chi connectivity index (χ2n) is 5.21. The van der Waals surface area contributed by atoms with Crippen molar-refractivity contribution in [3.63, 3.8) is 0 Å². The van der Waals surface area contributed by atoms with Gasteiger partial charge in [-0.3, -0.25) is 9.59 Å². The molecular formula is C13H16Cl2N2O2. The van der Waals surface area contributed by atoms with Crippen LogP contribution in [0.15, 0.2) is 18.2 Å². The van der Waals surface area contributed by atoms with E-state index in [0.717, 1.165) is 0 Å². The van der Waals surface area contributed by atoms with Gasteiger partial charge >= 0.3 is 0 Å². The van der Waals surface area contributed by atoms with Gasteiger partial charge in [-0.1, -0.05) is 32.4 Å². The standard InChI is InChI=1S/C13H16Cl2N2O2/c1-13(2,3)11(18)10(15)12(19)17-9-6-7(16)4-5-8(9)14/h4-6,10H,16H2,1-3H3,(H,17,19). The van der Waals surface area contributed by atoms with Crippen LogP contribution in [0, 0.1) is 5.41 Å². The van der Waals surface area contributed by atoms with Crippen molar-refractivity contribution >= 4 is 46.3 Å². The molecule has 1 aromatic rings. The van der Waals surface area contributed by atoms with E-state index in [-0.39, 0.29) is 5.78 Å². The second kappa shape index (κ2) is 5.80. The van der Waals surface area contributed by atoms with Crippen LogP contribution >= 0.6 is 23.2 Å².